The molecule has 6 nitrogen and oxygen atoms in total. The largest absolute Gasteiger partial charge is 1.00 e. The van der Waals surface area contributed by atoms with Crippen molar-refractivity contribution in [2.45, 2.75) is 0 Å². The van der Waals surface area contributed by atoms with Gasteiger partial charge in [0.25, 0.3) is 6.33 Å². The lowest BCUT2D eigenvalue weighted by molar-refractivity contribution is -0.678. The molecule has 0 unspecified atom stereocenters. The molecule has 1 aromatic heterocycles. The maximum Gasteiger partial charge on any atom is 0.295 e. The molecule has 0 spiro atoms. The summed E-state index contributed by atoms with van der Waals surface area (Å²) in [6.45, 7) is 0. The topological polar surface area (TPSA) is 40.0 Å². The number of benzene rings is 2. The molecule has 1 heterocycles. The molecule has 0 saturated carbocycles. The van der Waals surface area contributed by atoms with Gasteiger partial charge >= 0.3 is 0 Å². The van der Waals surface area contributed by atoms with Crippen molar-refractivity contribution < 1.29 is 17.1 Å². The molecular formula is C21H25ClN6. The van der Waals surface area contributed by atoms with E-state index in [-0.39, 0.29) is 12.4 Å². The van der Waals surface area contributed by atoms with Gasteiger partial charge in [0.1, 0.15) is 0 Å². The van der Waals surface area contributed by atoms with Gasteiger partial charge in [-0.3, -0.25) is 0 Å². The lowest BCUT2D eigenvalue weighted by Crippen LogP contribution is -3.00. The number of nitrogens with zero attached hydrogens (tertiary/aromatic N) is 6. The van der Waals surface area contributed by atoms with E-state index in [9.17, 15) is 0 Å². The number of amidine groups is 2. The van der Waals surface area contributed by atoms with Crippen molar-refractivity contribution in [3.8, 4) is 0 Å². The van der Waals surface area contributed by atoms with Gasteiger partial charge in [0, 0.05) is 39.3 Å². The second-order valence-electron chi connectivity index (χ2n) is 6.54. The summed E-state index contributed by atoms with van der Waals surface area (Å²) in [7, 11) is 7.95. The van der Waals surface area contributed by atoms with Crippen molar-refractivity contribution in [1.82, 2.24) is 14.5 Å². The molecular weight excluding hydrogens is 372 g/mol. The summed E-state index contributed by atoms with van der Waals surface area (Å²) in [5.74, 6) is 1.75. The van der Waals surface area contributed by atoms with Crippen LogP contribution in [0.4, 0.5) is 0 Å². The molecule has 28 heavy (non-hydrogen) atoms. The highest BCUT2D eigenvalue weighted by atomic mass is 35.5. The Hall–Kier alpha value is -3.12. The predicted molar refractivity (Wildman–Crippen MR) is 109 cm³/mol. The quantitative estimate of drug-likeness (QED) is 0.333. The Balaban J connectivity index is 0.00000280. The Kier molecular flexibility index (Phi) is 7.35. The summed E-state index contributed by atoms with van der Waals surface area (Å²) in [5, 5.41) is 9.46. The van der Waals surface area contributed by atoms with E-state index in [2.05, 4.69) is 0 Å². The molecule has 146 valence electrons. The van der Waals surface area contributed by atoms with E-state index >= 15 is 0 Å². The van der Waals surface area contributed by atoms with Gasteiger partial charge in [0.05, 0.1) is 0 Å². The molecule has 0 aliphatic heterocycles. The Morgan fingerprint density at radius 3 is 1.79 bits per heavy atom. The Morgan fingerprint density at radius 1 is 0.786 bits per heavy atom. The Bertz CT molecular complexity index is 854. The van der Waals surface area contributed by atoms with Gasteiger partial charge < -0.3 is 22.2 Å². The molecule has 0 amide bonds. The van der Waals surface area contributed by atoms with Gasteiger partial charge in [0.2, 0.25) is 0 Å². The zero-order valence-corrected chi connectivity index (χ0v) is 17.3. The van der Waals surface area contributed by atoms with Crippen LogP contribution in [-0.2, 0) is 0 Å². The van der Waals surface area contributed by atoms with E-state index in [1.165, 1.54) is 0 Å². The average molecular weight is 397 g/mol. The standard InChI is InChI=1S/C21H25N6.ClH/c1-24(2)20(18-11-7-5-8-12-18)22-26-15-16-27(17-26)23-21(25(3)4)19-13-9-6-10-14-19;/h5-17H,1-4H3;1H/q+1;/p-1. The van der Waals surface area contributed by atoms with E-state index in [0.717, 1.165) is 22.8 Å². The summed E-state index contributed by atoms with van der Waals surface area (Å²) in [5.41, 5.74) is 2.12. The van der Waals surface area contributed by atoms with Crippen molar-refractivity contribution in [2.24, 2.45) is 10.2 Å². The molecule has 0 saturated heterocycles. The zero-order chi connectivity index (χ0) is 19.2. The first-order valence-electron chi connectivity index (χ1n) is 8.77. The third-order valence-corrected chi connectivity index (χ3v) is 3.94. The van der Waals surface area contributed by atoms with Gasteiger partial charge in [-0.05, 0) is 0 Å². The molecule has 0 radical (unpaired) electrons. The van der Waals surface area contributed by atoms with Gasteiger partial charge in [-0.1, -0.05) is 70.9 Å². The molecule has 0 fully saturated rings. The summed E-state index contributed by atoms with van der Waals surface area (Å²) < 4.78 is 3.54. The minimum absolute atomic E-state index is 0. The lowest BCUT2D eigenvalue weighted by atomic mass is 10.2. The zero-order valence-electron chi connectivity index (χ0n) is 16.6. The Morgan fingerprint density at radius 2 is 1.29 bits per heavy atom. The molecule has 3 aromatic rings. The fourth-order valence-corrected chi connectivity index (χ4v) is 2.66. The highest BCUT2D eigenvalue weighted by molar-refractivity contribution is 5.98. The van der Waals surface area contributed by atoms with Gasteiger partial charge in [0.15, 0.2) is 24.1 Å². The third kappa shape index (κ3) is 5.20. The lowest BCUT2D eigenvalue weighted by Gasteiger charge is -2.14. The van der Waals surface area contributed by atoms with E-state index in [1.54, 1.807) is 9.35 Å². The van der Waals surface area contributed by atoms with Crippen LogP contribution in [0.25, 0.3) is 0 Å². The van der Waals surface area contributed by atoms with E-state index in [4.69, 9.17) is 10.2 Å². The van der Waals surface area contributed by atoms with Crippen molar-refractivity contribution in [2.75, 3.05) is 28.2 Å². The number of halogens is 1. The number of aromatic nitrogens is 2. The maximum absolute atomic E-state index is 4.73. The van der Waals surface area contributed by atoms with Crippen molar-refractivity contribution in [1.29, 1.82) is 0 Å². The average Bonchev–Trinajstić information content (AvgIpc) is 3.12. The van der Waals surface area contributed by atoms with Crippen molar-refractivity contribution in [3.05, 3.63) is 90.5 Å². The predicted octanol–water partition coefficient (Wildman–Crippen LogP) is -0.677. The fourth-order valence-electron chi connectivity index (χ4n) is 2.66. The fraction of sp³-hybridized carbons (Fsp3) is 0.190. The number of imidazole rings is 1. The second-order valence-corrected chi connectivity index (χ2v) is 6.54. The van der Waals surface area contributed by atoms with Crippen LogP contribution in [-0.4, -0.2) is 54.3 Å². The smallest absolute Gasteiger partial charge is 0.295 e. The number of rotatable bonds is 4. The summed E-state index contributed by atoms with van der Waals surface area (Å²) >= 11 is 0. The third-order valence-electron chi connectivity index (χ3n) is 3.94. The highest BCUT2D eigenvalue weighted by Crippen LogP contribution is 2.05. The molecule has 0 atom stereocenters. The van der Waals surface area contributed by atoms with Crippen LogP contribution in [0, 0.1) is 0 Å². The van der Waals surface area contributed by atoms with Crippen molar-refractivity contribution in [3.63, 3.8) is 0 Å². The summed E-state index contributed by atoms with van der Waals surface area (Å²) in [4.78, 5) is 4.00. The highest BCUT2D eigenvalue weighted by Gasteiger charge is 2.12. The Labute approximate surface area is 172 Å². The molecule has 0 bridgehead atoms. The first kappa shape index (κ1) is 21.2. The normalized spacial score (nSPS) is 11.7. The van der Waals surface area contributed by atoms with Crippen LogP contribution in [0.5, 0.6) is 0 Å². The van der Waals surface area contributed by atoms with Crippen LogP contribution >= 0.6 is 0 Å². The van der Waals surface area contributed by atoms with Gasteiger partial charge in [-0.2, -0.15) is 0 Å². The monoisotopic (exact) mass is 396 g/mol. The molecule has 0 aliphatic carbocycles. The SMILES string of the molecule is CN(C)C(=Nn1cc[n+](N=C(c2ccccc2)N(C)C)c1)c1ccccc1.[Cl-]. The summed E-state index contributed by atoms with van der Waals surface area (Å²) in [6.07, 6.45) is 5.61. The number of hydrogen-bond donors (Lipinski definition) is 0. The van der Waals surface area contributed by atoms with E-state index in [1.807, 2.05) is 117 Å². The molecule has 0 N–H and O–H groups in total. The molecule has 2 aromatic carbocycles. The van der Waals surface area contributed by atoms with Gasteiger partial charge in [-0.15, -0.1) is 9.35 Å². The van der Waals surface area contributed by atoms with Crippen LogP contribution < -0.4 is 17.1 Å². The number of hydrogen-bond acceptors (Lipinski definition) is 2. The molecule has 7 heteroatoms. The maximum atomic E-state index is 4.73. The van der Waals surface area contributed by atoms with Crippen LogP contribution in [0.2, 0.25) is 0 Å². The summed E-state index contributed by atoms with van der Waals surface area (Å²) in [6, 6.07) is 20.2. The van der Waals surface area contributed by atoms with E-state index in [0.29, 0.717) is 0 Å². The van der Waals surface area contributed by atoms with Crippen LogP contribution in [0.15, 0.2) is 89.6 Å². The first-order valence-corrected chi connectivity index (χ1v) is 8.77. The van der Waals surface area contributed by atoms with E-state index < -0.39 is 0 Å². The molecule has 0 aliphatic rings. The minimum Gasteiger partial charge on any atom is -1.00 e. The van der Waals surface area contributed by atoms with Crippen molar-refractivity contribution >= 4 is 11.7 Å². The molecule has 3 rings (SSSR count). The first-order chi connectivity index (χ1) is 13.0. The van der Waals surface area contributed by atoms with Crippen LogP contribution in [0.3, 0.4) is 0 Å². The minimum atomic E-state index is 0. The van der Waals surface area contributed by atoms with Crippen LogP contribution in [0.1, 0.15) is 11.1 Å². The van der Waals surface area contributed by atoms with Gasteiger partial charge in [-0.25, -0.2) is 0 Å². The second kappa shape index (κ2) is 9.71.